The van der Waals surface area contributed by atoms with Crippen molar-refractivity contribution in [1.29, 1.82) is 0 Å². The van der Waals surface area contributed by atoms with Crippen LogP contribution in [0, 0.1) is 12.3 Å². The van der Waals surface area contributed by atoms with Crippen molar-refractivity contribution in [3.63, 3.8) is 0 Å². The standard InChI is InChI=1S/C14H14Cl2N2O2S/c1-4-9(3)20-14(5-2)17-18(13(19)21-14)12-7-6-10(15)8-11(12)16/h1,6-9,17H,5H2,2-3H3. The maximum Gasteiger partial charge on any atom is 0.304 e. The third-order valence-corrected chi connectivity index (χ3v) is 4.64. The van der Waals surface area contributed by atoms with Crippen molar-refractivity contribution >= 4 is 45.9 Å². The van der Waals surface area contributed by atoms with Crippen molar-refractivity contribution in [2.24, 2.45) is 0 Å². The molecule has 0 aliphatic carbocycles. The Morgan fingerprint density at radius 1 is 1.57 bits per heavy atom. The Morgan fingerprint density at radius 3 is 2.86 bits per heavy atom. The molecule has 1 aliphatic rings. The molecule has 7 heteroatoms. The second-order valence-electron chi connectivity index (χ2n) is 4.44. The molecular formula is C14H14Cl2N2O2S. The van der Waals surface area contributed by atoms with Gasteiger partial charge >= 0.3 is 5.24 Å². The lowest BCUT2D eigenvalue weighted by Gasteiger charge is -2.29. The number of rotatable bonds is 4. The summed E-state index contributed by atoms with van der Waals surface area (Å²) in [6.45, 7) is 3.66. The molecule has 21 heavy (non-hydrogen) atoms. The zero-order chi connectivity index (χ0) is 15.6. The summed E-state index contributed by atoms with van der Waals surface area (Å²) in [6, 6.07) is 4.92. The average Bonchev–Trinajstić information content (AvgIpc) is 2.76. The quantitative estimate of drug-likeness (QED) is 0.828. The molecule has 112 valence electrons. The van der Waals surface area contributed by atoms with Gasteiger partial charge in [-0.25, -0.2) is 5.01 Å². The van der Waals surface area contributed by atoms with Crippen LogP contribution in [0.25, 0.3) is 0 Å². The van der Waals surface area contributed by atoms with Gasteiger partial charge in [0.05, 0.1) is 10.7 Å². The first-order valence-corrected chi connectivity index (χ1v) is 7.88. The highest BCUT2D eigenvalue weighted by molar-refractivity contribution is 8.15. The van der Waals surface area contributed by atoms with Crippen molar-refractivity contribution in [3.05, 3.63) is 28.2 Å². The molecular weight excluding hydrogens is 331 g/mol. The van der Waals surface area contributed by atoms with E-state index in [-0.39, 0.29) is 5.24 Å². The first-order valence-electron chi connectivity index (χ1n) is 6.30. The van der Waals surface area contributed by atoms with Crippen LogP contribution in [-0.2, 0) is 4.74 Å². The van der Waals surface area contributed by atoms with E-state index < -0.39 is 11.2 Å². The van der Waals surface area contributed by atoms with E-state index in [0.29, 0.717) is 22.2 Å². The van der Waals surface area contributed by atoms with Crippen molar-refractivity contribution in [1.82, 2.24) is 5.43 Å². The fourth-order valence-corrected chi connectivity index (χ4v) is 3.34. The number of nitrogens with zero attached hydrogens (tertiary/aromatic N) is 1. The van der Waals surface area contributed by atoms with Crippen LogP contribution in [0.2, 0.25) is 10.0 Å². The summed E-state index contributed by atoms with van der Waals surface area (Å²) in [7, 11) is 0. The Kier molecular flexibility index (Phi) is 5.07. The monoisotopic (exact) mass is 344 g/mol. The molecule has 1 amide bonds. The number of carbonyl (C=O) groups is 1. The van der Waals surface area contributed by atoms with Crippen LogP contribution >= 0.6 is 35.0 Å². The molecule has 1 N–H and O–H groups in total. The van der Waals surface area contributed by atoms with Crippen LogP contribution in [0.1, 0.15) is 20.3 Å². The molecule has 0 saturated carbocycles. The van der Waals surface area contributed by atoms with Crippen LogP contribution < -0.4 is 10.4 Å². The second kappa shape index (κ2) is 6.47. The predicted molar refractivity (Wildman–Crippen MR) is 87.5 cm³/mol. The Balaban J connectivity index is 2.28. The lowest BCUT2D eigenvalue weighted by Crippen LogP contribution is -2.48. The van der Waals surface area contributed by atoms with Gasteiger partial charge in [-0.05, 0) is 43.3 Å². The van der Waals surface area contributed by atoms with Gasteiger partial charge in [-0.2, -0.15) is 5.43 Å². The van der Waals surface area contributed by atoms with Gasteiger partial charge < -0.3 is 4.74 Å². The van der Waals surface area contributed by atoms with Crippen molar-refractivity contribution in [3.8, 4) is 12.3 Å². The maximum atomic E-state index is 12.3. The number of terminal acetylenes is 1. The molecule has 1 saturated heterocycles. The lowest BCUT2D eigenvalue weighted by atomic mass is 10.3. The summed E-state index contributed by atoms with van der Waals surface area (Å²) in [5.74, 6) is 2.49. The zero-order valence-corrected chi connectivity index (χ0v) is 13.9. The highest BCUT2D eigenvalue weighted by Gasteiger charge is 2.45. The second-order valence-corrected chi connectivity index (χ2v) is 6.50. The van der Waals surface area contributed by atoms with Gasteiger partial charge in [-0.15, -0.1) is 6.42 Å². The van der Waals surface area contributed by atoms with Gasteiger partial charge in [0, 0.05) is 5.02 Å². The van der Waals surface area contributed by atoms with Gasteiger partial charge in [-0.1, -0.05) is 36.0 Å². The number of hydrogen-bond donors (Lipinski definition) is 1. The molecule has 0 radical (unpaired) electrons. The molecule has 2 rings (SSSR count). The van der Waals surface area contributed by atoms with Crippen molar-refractivity contribution in [2.45, 2.75) is 31.4 Å². The van der Waals surface area contributed by atoms with E-state index in [9.17, 15) is 4.79 Å². The largest absolute Gasteiger partial charge is 0.333 e. The van der Waals surface area contributed by atoms with E-state index in [2.05, 4.69) is 11.3 Å². The minimum Gasteiger partial charge on any atom is -0.333 e. The number of thioether (sulfide) groups is 1. The third-order valence-electron chi connectivity index (χ3n) is 2.93. The van der Waals surface area contributed by atoms with Gasteiger partial charge in [-0.3, -0.25) is 4.79 Å². The summed E-state index contributed by atoms with van der Waals surface area (Å²) in [6.07, 6.45) is 5.47. The molecule has 1 aliphatic heterocycles. The van der Waals surface area contributed by atoms with Crippen LogP contribution in [0.5, 0.6) is 0 Å². The van der Waals surface area contributed by atoms with Gasteiger partial charge in [0.25, 0.3) is 0 Å². The molecule has 2 unspecified atom stereocenters. The smallest absolute Gasteiger partial charge is 0.304 e. The summed E-state index contributed by atoms with van der Waals surface area (Å²) in [5, 5.41) is 1.12. The van der Waals surface area contributed by atoms with Crippen LogP contribution in [0.3, 0.4) is 0 Å². The molecule has 1 heterocycles. The van der Waals surface area contributed by atoms with E-state index in [1.54, 1.807) is 25.1 Å². The fourth-order valence-electron chi connectivity index (χ4n) is 1.85. The Labute approximate surface area is 138 Å². The highest BCUT2D eigenvalue weighted by Crippen LogP contribution is 2.41. The van der Waals surface area contributed by atoms with Gasteiger partial charge in [0.15, 0.2) is 5.06 Å². The van der Waals surface area contributed by atoms with E-state index in [0.717, 1.165) is 11.8 Å². The number of amides is 1. The minimum atomic E-state index is -0.897. The molecule has 1 aromatic rings. The molecule has 4 nitrogen and oxygen atoms in total. The van der Waals surface area contributed by atoms with E-state index in [4.69, 9.17) is 34.4 Å². The molecule has 1 aromatic carbocycles. The average molecular weight is 345 g/mol. The zero-order valence-electron chi connectivity index (χ0n) is 11.5. The summed E-state index contributed by atoms with van der Waals surface area (Å²) >= 11 is 13.1. The van der Waals surface area contributed by atoms with Crippen LogP contribution in [0.15, 0.2) is 18.2 Å². The number of ether oxygens (including phenoxy) is 1. The van der Waals surface area contributed by atoms with Crippen LogP contribution in [0.4, 0.5) is 10.5 Å². The predicted octanol–water partition coefficient (Wildman–Crippen LogP) is 4.27. The molecule has 0 spiro atoms. The maximum absolute atomic E-state index is 12.3. The molecule has 0 aromatic heterocycles. The van der Waals surface area contributed by atoms with Gasteiger partial charge in [0.1, 0.15) is 6.10 Å². The number of carbonyl (C=O) groups excluding carboxylic acids is 1. The van der Waals surface area contributed by atoms with Crippen LogP contribution in [-0.4, -0.2) is 16.4 Å². The number of halogens is 2. The molecule has 2 atom stereocenters. The number of hydrogen-bond acceptors (Lipinski definition) is 4. The number of benzene rings is 1. The number of anilines is 1. The first kappa shape index (κ1) is 16.5. The highest BCUT2D eigenvalue weighted by atomic mass is 35.5. The summed E-state index contributed by atoms with van der Waals surface area (Å²) in [4.78, 5) is 12.3. The Morgan fingerprint density at radius 2 is 2.29 bits per heavy atom. The first-order chi connectivity index (χ1) is 9.90. The van der Waals surface area contributed by atoms with Crippen molar-refractivity contribution in [2.75, 3.05) is 5.01 Å². The normalized spacial score (nSPS) is 23.2. The SMILES string of the molecule is C#CC(C)OC1(CC)NN(c2ccc(Cl)cc2Cl)C(=O)S1. The Bertz CT molecular complexity index is 605. The Hall–Kier alpha value is -0.900. The third kappa shape index (κ3) is 3.47. The molecule has 0 bridgehead atoms. The number of nitrogens with one attached hydrogen (secondary N) is 1. The van der Waals surface area contributed by atoms with E-state index in [1.807, 2.05) is 6.92 Å². The van der Waals surface area contributed by atoms with E-state index in [1.165, 1.54) is 5.01 Å². The van der Waals surface area contributed by atoms with Crippen molar-refractivity contribution < 1.29 is 9.53 Å². The fraction of sp³-hybridized carbons (Fsp3) is 0.357. The minimum absolute atomic E-state index is 0.217. The molecule has 1 fully saturated rings. The summed E-state index contributed by atoms with van der Waals surface area (Å²) < 4.78 is 5.77. The van der Waals surface area contributed by atoms with Gasteiger partial charge in [0.2, 0.25) is 0 Å². The number of hydrazine groups is 1. The van der Waals surface area contributed by atoms with E-state index >= 15 is 0 Å². The summed E-state index contributed by atoms with van der Waals surface area (Å²) in [5.41, 5.74) is 3.57. The topological polar surface area (TPSA) is 41.6 Å². The lowest BCUT2D eigenvalue weighted by molar-refractivity contribution is -0.0192.